The predicted octanol–water partition coefficient (Wildman–Crippen LogP) is 16.9. The van der Waals surface area contributed by atoms with Crippen molar-refractivity contribution in [1.29, 1.82) is 0 Å². The summed E-state index contributed by atoms with van der Waals surface area (Å²) >= 11 is 0.517. The van der Waals surface area contributed by atoms with E-state index in [4.69, 9.17) is 19.5 Å². The van der Waals surface area contributed by atoms with Crippen LogP contribution < -0.4 is 4.90 Å². The van der Waals surface area contributed by atoms with Crippen molar-refractivity contribution >= 4 is 103 Å². The first-order valence-electron chi connectivity index (χ1n) is 34.0. The Hall–Kier alpha value is -7.20. The number of nitrogens with zero attached hydrogens (tertiary/aromatic N) is 1. The number of furan rings is 1. The number of hydrogen-bond donors (Lipinski definition) is 0. The largest absolute Gasteiger partial charge is 0.456 e. The topological polar surface area (TPSA) is 16.4 Å². The molecule has 1 aliphatic carbocycles. The van der Waals surface area contributed by atoms with Gasteiger partial charge in [-0.05, 0) is 103 Å². The van der Waals surface area contributed by atoms with Gasteiger partial charge in [0.15, 0.2) is 0 Å². The third-order valence-electron chi connectivity index (χ3n) is 10.6. The van der Waals surface area contributed by atoms with Gasteiger partial charge in [-0.1, -0.05) is 153 Å². The van der Waals surface area contributed by atoms with Crippen LogP contribution in [0, 0.1) is 0 Å². The van der Waals surface area contributed by atoms with Crippen LogP contribution in [0.25, 0.3) is 96.7 Å². The van der Waals surface area contributed by atoms with E-state index in [1.54, 1.807) is 0 Å². The van der Waals surface area contributed by atoms with E-state index in [2.05, 4.69) is 0 Å². The first kappa shape index (κ1) is 15.4. The number of rotatable bonds is 4. The van der Waals surface area contributed by atoms with Gasteiger partial charge < -0.3 is 9.32 Å². The highest BCUT2D eigenvalue weighted by molar-refractivity contribution is 7.25. The fraction of sp³-hybridized carbons (Fsp3) is 0.0526. The quantitative estimate of drug-likeness (QED) is 0.165. The Morgan fingerprint density at radius 1 is 0.500 bits per heavy atom. The Kier molecular flexibility index (Phi) is 3.19. The molecule has 3 heteroatoms. The molecule has 60 heavy (non-hydrogen) atoms. The van der Waals surface area contributed by atoms with Gasteiger partial charge in [-0.2, -0.15) is 0 Å². The molecule has 2 heterocycles. The maximum Gasteiger partial charge on any atom is 0.135 e. The summed E-state index contributed by atoms with van der Waals surface area (Å²) < 4.78 is 298. The number of thiophene rings is 1. The van der Waals surface area contributed by atoms with Crippen LogP contribution >= 0.6 is 11.3 Å². The molecular formula is C57H37NOS. The molecule has 10 aromatic carbocycles. The molecule has 0 saturated heterocycles. The highest BCUT2D eigenvalue weighted by atomic mass is 32.1. The van der Waals surface area contributed by atoms with Crippen LogP contribution in [0.2, 0.25) is 0 Å². The average molecular weight is 815 g/mol. The summed E-state index contributed by atoms with van der Waals surface area (Å²) in [5.41, 5.74) is -10.7. The zero-order valence-electron chi connectivity index (χ0n) is 61.3. The Bertz CT molecular complexity index is 5500. The summed E-state index contributed by atoms with van der Waals surface area (Å²) in [5, 5.41) is -5.53. The lowest BCUT2D eigenvalue weighted by Gasteiger charge is -2.31. The lowest BCUT2D eigenvalue weighted by atomic mass is 9.82. The Morgan fingerprint density at radius 3 is 2.07 bits per heavy atom. The summed E-state index contributed by atoms with van der Waals surface area (Å²) in [4.78, 5) is 0.618. The lowest BCUT2D eigenvalue weighted by molar-refractivity contribution is 0.660. The molecule has 0 aliphatic heterocycles. The first-order valence-corrected chi connectivity index (χ1v) is 18.9. The van der Waals surface area contributed by atoms with E-state index in [0.717, 1.165) is 18.2 Å². The number of benzene rings is 10. The third-order valence-corrected chi connectivity index (χ3v) is 11.7. The van der Waals surface area contributed by atoms with Crippen molar-refractivity contribution < 1.29 is 46.9 Å². The van der Waals surface area contributed by atoms with E-state index in [1.807, 2.05) is 0 Å². The Labute approximate surface area is 394 Å². The van der Waals surface area contributed by atoms with E-state index < -0.39 is 292 Å². The zero-order chi connectivity index (χ0) is 66.3. The molecule has 13 rings (SSSR count). The minimum Gasteiger partial charge on any atom is -0.456 e. The van der Waals surface area contributed by atoms with Crippen molar-refractivity contribution in [3.8, 4) is 22.3 Å². The second-order valence-electron chi connectivity index (χ2n) is 13.9. The van der Waals surface area contributed by atoms with Gasteiger partial charge in [-0.15, -0.1) is 11.3 Å². The van der Waals surface area contributed by atoms with Crippen LogP contribution in [0.15, 0.2) is 192 Å². The molecular weight excluding hydrogens is 747 g/mol. The molecule has 0 N–H and O–H groups in total. The van der Waals surface area contributed by atoms with Crippen molar-refractivity contribution in [3.05, 3.63) is 199 Å². The second kappa shape index (κ2) is 12.4. The maximum atomic E-state index is 10.6. The molecule has 1 unspecified atom stereocenters. The molecule has 0 radical (unpaired) electrons. The van der Waals surface area contributed by atoms with Gasteiger partial charge in [0.05, 0.1) is 44.1 Å². The second-order valence-corrected chi connectivity index (χ2v) is 15.0. The van der Waals surface area contributed by atoms with Crippen LogP contribution in [0.3, 0.4) is 0 Å². The summed E-state index contributed by atoms with van der Waals surface area (Å²) in [6.07, 6.45) is 0. The molecule has 282 valence electrons. The van der Waals surface area contributed by atoms with Crippen LogP contribution in [-0.4, -0.2) is 0 Å². The van der Waals surface area contributed by atoms with Gasteiger partial charge in [-0.3, -0.25) is 0 Å². The molecule has 2 nitrogen and oxygen atoms in total. The number of anilines is 3. The normalized spacial score (nSPS) is 22.2. The summed E-state index contributed by atoms with van der Waals surface area (Å²) in [5.74, 6) is 0. The lowest BCUT2D eigenvalue weighted by Crippen LogP contribution is -2.17. The Balaban J connectivity index is 1.40. The SMILES string of the molecule is [2H]CC1(C([2H])[2H])c2c([2H])c([2H])c([2H])c([2H])c2-c2c([2H])c([2H])c(N(c3c([2H])c([2H])c4c(sc5c([2H])c([2H])c([2H])c([2H])c54)c3[2H])c3c(-c4cc([2H])c5oc6c([2H])cc([2H])c([2H])c6c5c4[2H])c([2H])c([2H])c4c5c([2H])cc([2H])c([2H])c5c5c([2H])c([2H])c([2H])c([2H])c5c34)c([2H])c21. The van der Waals surface area contributed by atoms with Crippen LogP contribution in [0.4, 0.5) is 17.1 Å². The van der Waals surface area contributed by atoms with E-state index in [0.29, 0.717) is 16.2 Å². The van der Waals surface area contributed by atoms with Crippen molar-refractivity contribution in [1.82, 2.24) is 0 Å². The zero-order valence-corrected chi connectivity index (χ0v) is 31.1. The number of para-hydroxylation sites is 1. The third kappa shape index (κ3) is 4.70. The van der Waals surface area contributed by atoms with E-state index >= 15 is 0 Å². The van der Waals surface area contributed by atoms with Gasteiger partial charge in [0.2, 0.25) is 0 Å². The minimum atomic E-state index is -2.69. The van der Waals surface area contributed by atoms with E-state index in [-0.39, 0.29) is 21.1 Å². The fourth-order valence-electron chi connectivity index (χ4n) is 8.01. The van der Waals surface area contributed by atoms with Gasteiger partial charge in [0.25, 0.3) is 0 Å². The highest BCUT2D eigenvalue weighted by Crippen LogP contribution is 2.54. The molecule has 0 amide bonds. The molecule has 12 aromatic rings. The van der Waals surface area contributed by atoms with Gasteiger partial charge in [0, 0.05) is 62.8 Å². The average Bonchev–Trinajstić information content (AvgIpc) is 1.68. The molecule has 0 saturated carbocycles. The first-order chi connectivity index (χ1) is 42.7. The van der Waals surface area contributed by atoms with E-state index in [1.165, 1.54) is 0 Å². The monoisotopic (exact) mass is 814 g/mol. The standard InChI is InChI=1S/C57H37NOS/c1-57(2)49-20-10-7-16-41(49)42-26-24-35(32-50(42)57)58(36-25-27-45-44-18-9-12-22-53(44)60-54(45)33-36)56-37(34-23-30-52-48(31-34)43-17-8-11-21-51(43)59-52)28-29-47-40-15-4-3-13-38(40)39-14-5-6-19-46(39)55(47)56/h3-33H,1-2H3/i1D,2D2,3D,5D,6D,7D,8D,9D,10D,12D,13D,14D,15D,16D,17D,18D,19D,20D,21D,22D,24D,25D,26D,27D,28D,29D,30D,31D,32D,33D. The van der Waals surface area contributed by atoms with Crippen molar-refractivity contribution in [3.63, 3.8) is 0 Å². The van der Waals surface area contributed by atoms with Crippen molar-refractivity contribution in [2.45, 2.75) is 19.2 Å². The smallest absolute Gasteiger partial charge is 0.135 e. The summed E-state index contributed by atoms with van der Waals surface area (Å²) in [6.45, 7) is -3.62. The van der Waals surface area contributed by atoms with Crippen LogP contribution in [-0.2, 0) is 5.41 Å². The van der Waals surface area contributed by atoms with Crippen molar-refractivity contribution in [2.24, 2.45) is 0 Å². The fourth-order valence-corrected chi connectivity index (χ4v) is 8.98. The van der Waals surface area contributed by atoms with Crippen molar-refractivity contribution in [2.75, 3.05) is 4.90 Å². The number of fused-ring (bicyclic) bond motifs is 15. The minimum absolute atomic E-state index is 0.244. The summed E-state index contributed by atoms with van der Waals surface area (Å²) in [7, 11) is 0. The predicted molar refractivity (Wildman–Crippen MR) is 257 cm³/mol. The molecule has 2 aromatic heterocycles. The molecule has 0 fully saturated rings. The number of hydrogen-bond acceptors (Lipinski definition) is 3. The maximum absolute atomic E-state index is 10.6. The van der Waals surface area contributed by atoms with Gasteiger partial charge in [-0.25, -0.2) is 0 Å². The van der Waals surface area contributed by atoms with Gasteiger partial charge in [0.1, 0.15) is 11.2 Å². The van der Waals surface area contributed by atoms with E-state index in [9.17, 15) is 27.4 Å². The molecule has 1 aliphatic rings. The molecule has 0 spiro atoms. The van der Waals surface area contributed by atoms with Crippen LogP contribution in [0.1, 0.15) is 67.4 Å². The van der Waals surface area contributed by atoms with Crippen LogP contribution in [0.5, 0.6) is 0 Å². The Morgan fingerprint density at radius 2 is 1.15 bits per heavy atom. The van der Waals surface area contributed by atoms with Gasteiger partial charge >= 0.3 is 0 Å². The highest BCUT2D eigenvalue weighted by Gasteiger charge is 2.36. The molecule has 0 bridgehead atoms. The summed E-state index contributed by atoms with van der Waals surface area (Å²) in [6, 6.07) is -21.5. The molecule has 1 atom stereocenters.